The van der Waals surface area contributed by atoms with E-state index in [1.54, 1.807) is 10.7 Å². The van der Waals surface area contributed by atoms with Crippen LogP contribution in [0.3, 0.4) is 0 Å². The van der Waals surface area contributed by atoms with E-state index in [1.807, 2.05) is 6.92 Å². The highest BCUT2D eigenvalue weighted by Gasteiger charge is 2.33. The first-order valence-corrected chi connectivity index (χ1v) is 8.91. The third-order valence-corrected chi connectivity index (χ3v) is 5.21. The fourth-order valence-electron chi connectivity index (χ4n) is 3.30. The molecular weight excluding hydrogens is 349 g/mol. The van der Waals surface area contributed by atoms with E-state index < -0.39 is 6.29 Å². The van der Waals surface area contributed by atoms with Crippen LogP contribution in [0.1, 0.15) is 45.0 Å². The van der Waals surface area contributed by atoms with E-state index in [0.717, 1.165) is 17.0 Å². The van der Waals surface area contributed by atoms with Crippen molar-refractivity contribution in [2.75, 3.05) is 0 Å². The highest BCUT2D eigenvalue weighted by atomic mass is 35.5. The first-order valence-electron chi connectivity index (χ1n) is 8.15. The first kappa shape index (κ1) is 17.7. The fraction of sp³-hybridized carbons (Fsp3) is 0.529. The Morgan fingerprint density at radius 2 is 2.12 bits per heavy atom. The molecule has 1 unspecified atom stereocenters. The maximum atomic E-state index is 9.38. The quantitative estimate of drug-likeness (QED) is 0.754. The number of hydrogen-bond donors (Lipinski definition) is 2. The van der Waals surface area contributed by atoms with Gasteiger partial charge < -0.3 is 10.2 Å². The van der Waals surface area contributed by atoms with Crippen molar-refractivity contribution in [3.63, 3.8) is 0 Å². The predicted molar refractivity (Wildman–Crippen MR) is 94.8 cm³/mol. The molecule has 7 heteroatoms. The molecule has 1 atom stereocenters. The zero-order valence-corrected chi connectivity index (χ0v) is 15.2. The number of halogens is 2. The molecule has 1 saturated carbocycles. The summed E-state index contributed by atoms with van der Waals surface area (Å²) in [6.07, 6.45) is 3.34. The average Bonchev–Trinajstić information content (AvgIpc) is 3.32. The lowest BCUT2D eigenvalue weighted by Gasteiger charge is -2.20. The summed E-state index contributed by atoms with van der Waals surface area (Å²) in [6, 6.07) is 1.66. The summed E-state index contributed by atoms with van der Waals surface area (Å²) in [4.78, 5) is 4.20. The van der Waals surface area contributed by atoms with E-state index in [-0.39, 0.29) is 0 Å². The van der Waals surface area contributed by atoms with Gasteiger partial charge in [0.2, 0.25) is 0 Å². The number of hydrogen-bond acceptors (Lipinski definition) is 4. The van der Waals surface area contributed by atoms with E-state index in [1.165, 1.54) is 19.0 Å². The average molecular weight is 370 g/mol. The molecule has 0 radical (unpaired) electrons. The standard InChI is InChI=1S/C17H21Cl2N3O2/c1-3-12(10-4-5-10)13(9(2)18)8-22-14-6-11(17(23)24)7-20-15(14)16(19)21-22/h6-7,10,12,17,23-24H,3-5,8H2,1-2H3/b13-9+. The summed E-state index contributed by atoms with van der Waals surface area (Å²) >= 11 is 12.6. The molecule has 1 aliphatic rings. The lowest BCUT2D eigenvalue weighted by atomic mass is 9.91. The number of aliphatic hydroxyl groups is 2. The van der Waals surface area contributed by atoms with Gasteiger partial charge in [-0.15, -0.1) is 0 Å². The number of nitrogens with zero attached hydrogens (tertiary/aromatic N) is 3. The molecule has 2 aromatic heterocycles. The van der Waals surface area contributed by atoms with Gasteiger partial charge >= 0.3 is 0 Å². The van der Waals surface area contributed by atoms with Gasteiger partial charge in [0.05, 0.1) is 12.1 Å². The number of rotatable bonds is 6. The molecule has 1 fully saturated rings. The Morgan fingerprint density at radius 3 is 2.67 bits per heavy atom. The smallest absolute Gasteiger partial charge is 0.180 e. The molecular formula is C17H21Cl2N3O2. The summed E-state index contributed by atoms with van der Waals surface area (Å²) < 4.78 is 1.75. The van der Waals surface area contributed by atoms with Crippen LogP contribution in [0.15, 0.2) is 22.9 Å². The number of pyridine rings is 1. The minimum atomic E-state index is -1.58. The maximum Gasteiger partial charge on any atom is 0.180 e. The zero-order valence-electron chi connectivity index (χ0n) is 13.7. The predicted octanol–water partition coefficient (Wildman–Crippen LogP) is 4.02. The Hall–Kier alpha value is -1.14. The van der Waals surface area contributed by atoms with Crippen LogP contribution < -0.4 is 0 Å². The minimum Gasteiger partial charge on any atom is -0.364 e. The van der Waals surface area contributed by atoms with Crippen LogP contribution in [0.2, 0.25) is 5.15 Å². The van der Waals surface area contributed by atoms with Gasteiger partial charge in [0.15, 0.2) is 11.4 Å². The van der Waals surface area contributed by atoms with Gasteiger partial charge in [-0.25, -0.2) is 0 Å². The summed E-state index contributed by atoms with van der Waals surface area (Å²) in [6.45, 7) is 4.62. The van der Waals surface area contributed by atoms with Crippen LogP contribution >= 0.6 is 23.2 Å². The van der Waals surface area contributed by atoms with Gasteiger partial charge in [0.1, 0.15) is 5.52 Å². The monoisotopic (exact) mass is 369 g/mol. The van der Waals surface area contributed by atoms with E-state index in [9.17, 15) is 10.2 Å². The molecule has 5 nitrogen and oxygen atoms in total. The van der Waals surface area contributed by atoms with E-state index in [4.69, 9.17) is 23.2 Å². The molecule has 0 aromatic carbocycles. The summed E-state index contributed by atoms with van der Waals surface area (Å²) in [5, 5.41) is 24.2. The topological polar surface area (TPSA) is 71.2 Å². The van der Waals surface area contributed by atoms with Crippen LogP contribution in [0.4, 0.5) is 0 Å². The Bertz CT molecular complexity index is 777. The SMILES string of the molecule is CCC(/C(Cn1nc(Cl)c2ncc(C(O)O)cc21)=C(\C)Cl)C1CC1. The molecule has 130 valence electrons. The second-order valence-corrected chi connectivity index (χ2v) is 7.29. The molecule has 1 aliphatic carbocycles. The number of aromatic nitrogens is 3. The van der Waals surface area contributed by atoms with Crippen molar-refractivity contribution in [2.24, 2.45) is 11.8 Å². The van der Waals surface area contributed by atoms with Crippen molar-refractivity contribution >= 4 is 34.2 Å². The minimum absolute atomic E-state index is 0.301. The molecule has 2 heterocycles. The Kier molecular flexibility index (Phi) is 5.16. The first-order chi connectivity index (χ1) is 11.4. The second kappa shape index (κ2) is 7.00. The summed E-state index contributed by atoms with van der Waals surface area (Å²) in [5.41, 5.74) is 2.69. The number of fused-ring (bicyclic) bond motifs is 1. The van der Waals surface area contributed by atoms with Crippen LogP contribution in [0, 0.1) is 11.8 Å². The normalized spacial score (nSPS) is 17.5. The van der Waals surface area contributed by atoms with Crippen LogP contribution in [0.25, 0.3) is 11.0 Å². The van der Waals surface area contributed by atoms with Crippen molar-refractivity contribution in [2.45, 2.75) is 45.9 Å². The van der Waals surface area contributed by atoms with E-state index in [2.05, 4.69) is 17.0 Å². The van der Waals surface area contributed by atoms with Crippen molar-refractivity contribution < 1.29 is 10.2 Å². The highest BCUT2D eigenvalue weighted by molar-refractivity contribution is 6.33. The number of allylic oxidation sites excluding steroid dienone is 2. The van der Waals surface area contributed by atoms with Gasteiger partial charge in [-0.3, -0.25) is 9.67 Å². The van der Waals surface area contributed by atoms with Gasteiger partial charge in [-0.2, -0.15) is 5.10 Å². The van der Waals surface area contributed by atoms with Gasteiger partial charge in [0, 0.05) is 16.8 Å². The molecule has 2 N–H and O–H groups in total. The molecule has 0 bridgehead atoms. The Morgan fingerprint density at radius 1 is 1.42 bits per heavy atom. The van der Waals surface area contributed by atoms with Gasteiger partial charge in [-0.1, -0.05) is 30.1 Å². The zero-order chi connectivity index (χ0) is 17.4. The van der Waals surface area contributed by atoms with Crippen molar-refractivity contribution in [1.29, 1.82) is 0 Å². The summed E-state index contributed by atoms with van der Waals surface area (Å²) in [7, 11) is 0. The fourth-order valence-corrected chi connectivity index (χ4v) is 3.74. The third kappa shape index (κ3) is 3.45. The molecule has 24 heavy (non-hydrogen) atoms. The summed E-state index contributed by atoms with van der Waals surface area (Å²) in [5.74, 6) is 1.14. The van der Waals surface area contributed by atoms with Crippen LogP contribution in [-0.4, -0.2) is 25.0 Å². The molecule has 0 aliphatic heterocycles. The van der Waals surface area contributed by atoms with Crippen molar-refractivity contribution in [3.05, 3.63) is 33.6 Å². The molecule has 3 rings (SSSR count). The molecule has 0 amide bonds. The molecule has 0 saturated heterocycles. The highest BCUT2D eigenvalue weighted by Crippen LogP contribution is 2.44. The lowest BCUT2D eigenvalue weighted by molar-refractivity contribution is -0.0426. The maximum absolute atomic E-state index is 9.38. The van der Waals surface area contributed by atoms with Crippen LogP contribution in [0.5, 0.6) is 0 Å². The largest absolute Gasteiger partial charge is 0.364 e. The van der Waals surface area contributed by atoms with Gasteiger partial charge in [0.25, 0.3) is 0 Å². The second-order valence-electron chi connectivity index (χ2n) is 6.37. The number of aliphatic hydroxyl groups excluding tert-OH is 1. The van der Waals surface area contributed by atoms with Crippen molar-refractivity contribution in [3.8, 4) is 0 Å². The Labute approximate surface area is 150 Å². The van der Waals surface area contributed by atoms with E-state index >= 15 is 0 Å². The van der Waals surface area contributed by atoms with E-state index in [0.29, 0.717) is 40.1 Å². The third-order valence-electron chi connectivity index (χ3n) is 4.71. The molecule has 2 aromatic rings. The molecule has 0 spiro atoms. The van der Waals surface area contributed by atoms with Gasteiger partial charge in [-0.05, 0) is 49.7 Å². The Balaban J connectivity index is 2.01. The lowest BCUT2D eigenvalue weighted by Crippen LogP contribution is -2.14. The van der Waals surface area contributed by atoms with Crippen LogP contribution in [-0.2, 0) is 6.54 Å². The van der Waals surface area contributed by atoms with Crippen molar-refractivity contribution in [1.82, 2.24) is 14.8 Å².